The van der Waals surface area contributed by atoms with Crippen molar-refractivity contribution in [1.29, 1.82) is 0 Å². The second-order valence-electron chi connectivity index (χ2n) is 4.59. The van der Waals surface area contributed by atoms with Gasteiger partial charge in [0.15, 0.2) is 0 Å². The molecule has 2 saturated heterocycles. The molecule has 14 heavy (non-hydrogen) atoms. The quantitative estimate of drug-likeness (QED) is 0.723. The van der Waals surface area contributed by atoms with Gasteiger partial charge in [0.25, 0.3) is 0 Å². The molecule has 1 atom stereocenters. The van der Waals surface area contributed by atoms with Gasteiger partial charge in [0, 0.05) is 32.3 Å². The van der Waals surface area contributed by atoms with E-state index >= 15 is 0 Å². The van der Waals surface area contributed by atoms with Crippen LogP contribution in [0.3, 0.4) is 0 Å². The summed E-state index contributed by atoms with van der Waals surface area (Å²) in [5.74, 6) is 0.888. The van der Waals surface area contributed by atoms with Crippen molar-refractivity contribution in [1.82, 2.24) is 10.2 Å². The number of hydrogen-bond donors (Lipinski definition) is 1. The number of nitrogens with zero attached hydrogens (tertiary/aromatic N) is 1. The summed E-state index contributed by atoms with van der Waals surface area (Å²) in [5.41, 5.74) is 0. The smallest absolute Gasteiger partial charge is 0.0469 e. The molecule has 2 aliphatic rings. The Bertz CT molecular complexity index is 169. The second kappa shape index (κ2) is 5.10. The van der Waals surface area contributed by atoms with Crippen LogP contribution in [-0.4, -0.2) is 50.8 Å². The number of hydrogen-bond acceptors (Lipinski definition) is 3. The lowest BCUT2D eigenvalue weighted by Gasteiger charge is -2.26. The van der Waals surface area contributed by atoms with Crippen LogP contribution in [-0.2, 0) is 4.74 Å². The summed E-state index contributed by atoms with van der Waals surface area (Å²) in [7, 11) is 2.07. The standard InChI is InChI=1S/C11H22N2O/c1-12-11-2-5-13(9-11)8-10-3-6-14-7-4-10/h10-12H,2-9H2,1H3/t11-/m0/s1. The summed E-state index contributed by atoms with van der Waals surface area (Å²) in [6.07, 6.45) is 3.85. The molecule has 0 aromatic rings. The first-order valence-corrected chi connectivity index (χ1v) is 5.86. The summed E-state index contributed by atoms with van der Waals surface area (Å²) in [6.45, 7) is 5.78. The molecule has 0 spiro atoms. The maximum Gasteiger partial charge on any atom is 0.0469 e. The van der Waals surface area contributed by atoms with E-state index in [1.54, 1.807) is 0 Å². The van der Waals surface area contributed by atoms with E-state index in [0.717, 1.165) is 25.2 Å². The monoisotopic (exact) mass is 198 g/mol. The minimum absolute atomic E-state index is 0.731. The minimum Gasteiger partial charge on any atom is -0.381 e. The van der Waals surface area contributed by atoms with Crippen molar-refractivity contribution in [2.24, 2.45) is 5.92 Å². The molecule has 0 bridgehead atoms. The van der Waals surface area contributed by atoms with Gasteiger partial charge in [0.05, 0.1) is 0 Å². The van der Waals surface area contributed by atoms with E-state index < -0.39 is 0 Å². The third kappa shape index (κ3) is 2.69. The Morgan fingerprint density at radius 1 is 1.29 bits per heavy atom. The van der Waals surface area contributed by atoms with E-state index in [9.17, 15) is 0 Å². The lowest BCUT2D eigenvalue weighted by atomic mass is 10.00. The Morgan fingerprint density at radius 3 is 2.71 bits per heavy atom. The summed E-state index contributed by atoms with van der Waals surface area (Å²) in [5, 5.41) is 3.36. The van der Waals surface area contributed by atoms with E-state index in [0.29, 0.717) is 0 Å². The van der Waals surface area contributed by atoms with Crippen molar-refractivity contribution in [3.05, 3.63) is 0 Å². The highest BCUT2D eigenvalue weighted by molar-refractivity contribution is 4.81. The Labute approximate surface area is 86.8 Å². The molecular weight excluding hydrogens is 176 g/mol. The Morgan fingerprint density at radius 2 is 2.07 bits per heavy atom. The number of likely N-dealkylation sites (tertiary alicyclic amines) is 1. The molecule has 0 aromatic heterocycles. The van der Waals surface area contributed by atoms with Gasteiger partial charge in [0.2, 0.25) is 0 Å². The molecule has 2 aliphatic heterocycles. The van der Waals surface area contributed by atoms with Gasteiger partial charge in [-0.15, -0.1) is 0 Å². The molecule has 82 valence electrons. The zero-order valence-corrected chi connectivity index (χ0v) is 9.17. The summed E-state index contributed by atoms with van der Waals surface area (Å²) < 4.78 is 5.38. The summed E-state index contributed by atoms with van der Waals surface area (Å²) in [4.78, 5) is 2.61. The molecule has 0 amide bonds. The van der Waals surface area contributed by atoms with Crippen LogP contribution >= 0.6 is 0 Å². The van der Waals surface area contributed by atoms with Crippen molar-refractivity contribution in [2.45, 2.75) is 25.3 Å². The van der Waals surface area contributed by atoms with E-state index in [2.05, 4.69) is 17.3 Å². The van der Waals surface area contributed by atoms with Crippen LogP contribution in [0.2, 0.25) is 0 Å². The van der Waals surface area contributed by atoms with Crippen molar-refractivity contribution in [2.75, 3.05) is 39.9 Å². The fraction of sp³-hybridized carbons (Fsp3) is 1.00. The van der Waals surface area contributed by atoms with Gasteiger partial charge < -0.3 is 15.0 Å². The van der Waals surface area contributed by atoms with Crippen LogP contribution in [0.4, 0.5) is 0 Å². The first-order chi connectivity index (χ1) is 6.88. The number of nitrogens with one attached hydrogen (secondary N) is 1. The van der Waals surface area contributed by atoms with Crippen LogP contribution in [0.5, 0.6) is 0 Å². The molecule has 0 radical (unpaired) electrons. The zero-order chi connectivity index (χ0) is 9.80. The highest BCUT2D eigenvalue weighted by atomic mass is 16.5. The van der Waals surface area contributed by atoms with E-state index in [1.165, 1.54) is 38.9 Å². The maximum absolute atomic E-state index is 5.38. The number of rotatable bonds is 3. The largest absolute Gasteiger partial charge is 0.381 e. The van der Waals surface area contributed by atoms with E-state index in [1.807, 2.05) is 0 Å². The lowest BCUT2D eigenvalue weighted by Crippen LogP contribution is -2.34. The van der Waals surface area contributed by atoms with Gasteiger partial charge in [0.1, 0.15) is 0 Å². The van der Waals surface area contributed by atoms with Crippen LogP contribution in [0.25, 0.3) is 0 Å². The average Bonchev–Trinajstić information content (AvgIpc) is 2.67. The van der Waals surface area contributed by atoms with Crippen molar-refractivity contribution in [3.8, 4) is 0 Å². The third-order valence-electron chi connectivity index (χ3n) is 3.54. The van der Waals surface area contributed by atoms with Gasteiger partial charge in [-0.25, -0.2) is 0 Å². The molecule has 0 aliphatic carbocycles. The maximum atomic E-state index is 5.38. The fourth-order valence-electron chi connectivity index (χ4n) is 2.53. The van der Waals surface area contributed by atoms with Crippen LogP contribution < -0.4 is 5.32 Å². The third-order valence-corrected chi connectivity index (χ3v) is 3.54. The first kappa shape index (κ1) is 10.4. The number of ether oxygens (including phenoxy) is 1. The fourth-order valence-corrected chi connectivity index (χ4v) is 2.53. The Balaban J connectivity index is 1.69. The SMILES string of the molecule is CN[C@H]1CCN(CC2CCOCC2)C1. The van der Waals surface area contributed by atoms with Crippen LogP contribution in [0.15, 0.2) is 0 Å². The van der Waals surface area contributed by atoms with Crippen LogP contribution in [0, 0.1) is 5.92 Å². The minimum atomic E-state index is 0.731. The molecule has 1 N–H and O–H groups in total. The normalized spacial score (nSPS) is 31.1. The summed E-state index contributed by atoms with van der Waals surface area (Å²) >= 11 is 0. The molecule has 0 unspecified atom stereocenters. The first-order valence-electron chi connectivity index (χ1n) is 5.86. The molecule has 3 heteroatoms. The molecule has 2 heterocycles. The summed E-state index contributed by atoms with van der Waals surface area (Å²) in [6, 6.07) is 0.731. The number of likely N-dealkylation sites (N-methyl/N-ethyl adjacent to an activating group) is 1. The predicted octanol–water partition coefficient (Wildman–Crippen LogP) is 0.707. The molecule has 3 nitrogen and oxygen atoms in total. The van der Waals surface area contributed by atoms with Gasteiger partial charge in [-0.1, -0.05) is 0 Å². The molecular formula is C11H22N2O. The van der Waals surface area contributed by atoms with Crippen molar-refractivity contribution < 1.29 is 4.74 Å². The van der Waals surface area contributed by atoms with Crippen molar-refractivity contribution in [3.63, 3.8) is 0 Å². The highest BCUT2D eigenvalue weighted by Gasteiger charge is 2.24. The van der Waals surface area contributed by atoms with E-state index in [-0.39, 0.29) is 0 Å². The second-order valence-corrected chi connectivity index (χ2v) is 4.59. The van der Waals surface area contributed by atoms with Gasteiger partial charge in [-0.05, 0) is 38.8 Å². The molecule has 0 saturated carbocycles. The van der Waals surface area contributed by atoms with E-state index in [4.69, 9.17) is 4.74 Å². The van der Waals surface area contributed by atoms with Crippen molar-refractivity contribution >= 4 is 0 Å². The lowest BCUT2D eigenvalue weighted by molar-refractivity contribution is 0.0553. The zero-order valence-electron chi connectivity index (χ0n) is 9.17. The molecule has 2 fully saturated rings. The molecule has 0 aromatic carbocycles. The topological polar surface area (TPSA) is 24.5 Å². The predicted molar refractivity (Wildman–Crippen MR) is 57.4 cm³/mol. The Hall–Kier alpha value is -0.120. The average molecular weight is 198 g/mol. The molecule has 2 rings (SSSR count). The van der Waals surface area contributed by atoms with Crippen LogP contribution in [0.1, 0.15) is 19.3 Å². The Kier molecular flexibility index (Phi) is 3.79. The van der Waals surface area contributed by atoms with Gasteiger partial charge in [-0.2, -0.15) is 0 Å². The highest BCUT2D eigenvalue weighted by Crippen LogP contribution is 2.18. The van der Waals surface area contributed by atoms with Gasteiger partial charge >= 0.3 is 0 Å². The van der Waals surface area contributed by atoms with Gasteiger partial charge in [-0.3, -0.25) is 0 Å².